The monoisotopic (exact) mass is 407 g/mol. The van der Waals surface area contributed by atoms with Gasteiger partial charge in [-0.3, -0.25) is 0 Å². The third-order valence-corrected chi connectivity index (χ3v) is 6.60. The fourth-order valence-corrected chi connectivity index (χ4v) is 4.07. The van der Waals surface area contributed by atoms with E-state index in [2.05, 4.69) is 51.6 Å². The molecule has 0 unspecified atom stereocenters. The van der Waals surface area contributed by atoms with Crippen molar-refractivity contribution in [3.05, 3.63) is 33.4 Å². The summed E-state index contributed by atoms with van der Waals surface area (Å²) in [6.07, 6.45) is 4.14. The van der Waals surface area contributed by atoms with Gasteiger partial charge in [0, 0.05) is 9.61 Å². The van der Waals surface area contributed by atoms with Crippen molar-refractivity contribution in [2.45, 2.75) is 50.8 Å². The van der Waals surface area contributed by atoms with E-state index in [1.807, 2.05) is 0 Å². The molecule has 0 saturated heterocycles. The minimum atomic E-state index is -3.16. The smallest absolute Gasteiger partial charge is 0.212 e. The van der Waals surface area contributed by atoms with Gasteiger partial charge in [0.15, 0.2) is 0 Å². The van der Waals surface area contributed by atoms with Crippen molar-refractivity contribution in [1.82, 2.24) is 4.72 Å². The van der Waals surface area contributed by atoms with Crippen LogP contribution in [0, 0.1) is 9.49 Å². The molecule has 0 heterocycles. The van der Waals surface area contributed by atoms with Gasteiger partial charge in [-0.05, 0) is 79.3 Å². The molecule has 2 rings (SSSR count). The number of rotatable bonds is 5. The van der Waals surface area contributed by atoms with E-state index in [0.29, 0.717) is 5.92 Å². The first-order valence-electron chi connectivity index (χ1n) is 7.14. The lowest BCUT2D eigenvalue weighted by atomic mass is 9.95. The van der Waals surface area contributed by atoms with Crippen molar-refractivity contribution >= 4 is 32.6 Å². The molecular weight excluding hydrogens is 385 g/mol. The molecular formula is C15H22INO2S. The highest BCUT2D eigenvalue weighted by Gasteiger charge is 2.31. The lowest BCUT2D eigenvalue weighted by Crippen LogP contribution is -2.41. The SMILES string of the molecule is CC(C)S(=O)(=O)N[C@@H]1CCC[C@@H]1Cc1ccc(I)cc1. The van der Waals surface area contributed by atoms with Crippen molar-refractivity contribution in [3.8, 4) is 0 Å². The summed E-state index contributed by atoms with van der Waals surface area (Å²) in [5.41, 5.74) is 1.30. The predicted octanol–water partition coefficient (Wildman–Crippen LogP) is 3.33. The van der Waals surface area contributed by atoms with Gasteiger partial charge in [0.25, 0.3) is 0 Å². The maximum Gasteiger partial charge on any atom is 0.214 e. The van der Waals surface area contributed by atoms with Crippen molar-refractivity contribution in [3.63, 3.8) is 0 Å². The zero-order valence-electron chi connectivity index (χ0n) is 12.0. The first kappa shape index (κ1) is 16.2. The second-order valence-electron chi connectivity index (χ2n) is 5.84. The van der Waals surface area contributed by atoms with Crippen LogP contribution in [-0.4, -0.2) is 19.7 Å². The van der Waals surface area contributed by atoms with E-state index < -0.39 is 10.0 Å². The Morgan fingerprint density at radius 1 is 1.25 bits per heavy atom. The highest BCUT2D eigenvalue weighted by molar-refractivity contribution is 14.1. The van der Waals surface area contributed by atoms with Crippen LogP contribution in [0.3, 0.4) is 0 Å². The van der Waals surface area contributed by atoms with Crippen LogP contribution >= 0.6 is 22.6 Å². The van der Waals surface area contributed by atoms with Crippen molar-refractivity contribution < 1.29 is 8.42 Å². The van der Waals surface area contributed by atoms with Crippen molar-refractivity contribution in [1.29, 1.82) is 0 Å². The minimum absolute atomic E-state index is 0.0988. The van der Waals surface area contributed by atoms with Gasteiger partial charge in [-0.1, -0.05) is 18.6 Å². The van der Waals surface area contributed by atoms with E-state index in [1.54, 1.807) is 13.8 Å². The molecule has 1 saturated carbocycles. The van der Waals surface area contributed by atoms with E-state index in [9.17, 15) is 8.42 Å². The Morgan fingerprint density at radius 3 is 2.50 bits per heavy atom. The Morgan fingerprint density at radius 2 is 1.90 bits per heavy atom. The number of halogens is 1. The van der Waals surface area contributed by atoms with Crippen molar-refractivity contribution in [2.75, 3.05) is 0 Å². The van der Waals surface area contributed by atoms with Gasteiger partial charge in [0.1, 0.15) is 0 Å². The molecule has 0 aromatic heterocycles. The first-order valence-corrected chi connectivity index (χ1v) is 9.76. The molecule has 112 valence electrons. The lowest BCUT2D eigenvalue weighted by Gasteiger charge is -2.22. The van der Waals surface area contributed by atoms with Crippen LogP contribution in [0.25, 0.3) is 0 Å². The molecule has 0 amide bonds. The molecule has 0 bridgehead atoms. The summed E-state index contributed by atoms with van der Waals surface area (Å²) in [5, 5.41) is -0.359. The summed E-state index contributed by atoms with van der Waals surface area (Å²) in [6.45, 7) is 3.46. The largest absolute Gasteiger partial charge is 0.214 e. The van der Waals surface area contributed by atoms with Crippen LogP contribution in [0.15, 0.2) is 24.3 Å². The summed E-state index contributed by atoms with van der Waals surface area (Å²) in [7, 11) is -3.16. The fraction of sp³-hybridized carbons (Fsp3) is 0.600. The number of hydrogen-bond acceptors (Lipinski definition) is 2. The van der Waals surface area contributed by atoms with Gasteiger partial charge in [0.05, 0.1) is 5.25 Å². The van der Waals surface area contributed by atoms with E-state index in [0.717, 1.165) is 25.7 Å². The molecule has 3 nitrogen and oxygen atoms in total. The van der Waals surface area contributed by atoms with Gasteiger partial charge in [-0.15, -0.1) is 0 Å². The summed E-state index contributed by atoms with van der Waals surface area (Å²) < 4.78 is 28.2. The molecule has 2 atom stereocenters. The molecule has 0 aliphatic heterocycles. The number of benzene rings is 1. The molecule has 1 N–H and O–H groups in total. The minimum Gasteiger partial charge on any atom is -0.212 e. The molecule has 0 spiro atoms. The summed E-state index contributed by atoms with van der Waals surface area (Å²) in [5.74, 6) is 0.420. The summed E-state index contributed by atoms with van der Waals surface area (Å²) in [4.78, 5) is 0. The maximum absolute atomic E-state index is 12.0. The van der Waals surface area contributed by atoms with E-state index in [4.69, 9.17) is 0 Å². The van der Waals surface area contributed by atoms with Gasteiger partial charge in [-0.2, -0.15) is 0 Å². The Hall–Kier alpha value is -0.140. The maximum atomic E-state index is 12.0. The van der Waals surface area contributed by atoms with Crippen LogP contribution in [0.1, 0.15) is 38.7 Å². The highest BCUT2D eigenvalue weighted by Crippen LogP contribution is 2.29. The lowest BCUT2D eigenvalue weighted by molar-refractivity contribution is 0.440. The zero-order chi connectivity index (χ0) is 14.8. The normalized spacial score (nSPS) is 23.4. The Balaban J connectivity index is 2.02. The summed E-state index contributed by atoms with van der Waals surface area (Å²) in [6, 6.07) is 8.61. The van der Waals surface area contributed by atoms with Crippen LogP contribution in [0.4, 0.5) is 0 Å². The average Bonchev–Trinajstić information content (AvgIpc) is 2.79. The van der Waals surface area contributed by atoms with Gasteiger partial charge < -0.3 is 0 Å². The quantitative estimate of drug-likeness (QED) is 0.762. The van der Waals surface area contributed by atoms with E-state index in [-0.39, 0.29) is 11.3 Å². The van der Waals surface area contributed by atoms with Crippen molar-refractivity contribution in [2.24, 2.45) is 5.92 Å². The number of sulfonamides is 1. The molecule has 0 radical (unpaired) electrons. The third-order valence-electron chi connectivity index (χ3n) is 4.01. The topological polar surface area (TPSA) is 46.2 Å². The molecule has 1 aliphatic rings. The number of nitrogens with one attached hydrogen (secondary N) is 1. The van der Waals surface area contributed by atoms with Gasteiger partial charge in [0.2, 0.25) is 10.0 Å². The van der Waals surface area contributed by atoms with Crippen LogP contribution in [0.2, 0.25) is 0 Å². The Labute approximate surface area is 135 Å². The third kappa shape index (κ3) is 4.18. The molecule has 1 aliphatic carbocycles. The molecule has 1 aromatic rings. The molecule has 5 heteroatoms. The molecule has 1 fully saturated rings. The zero-order valence-corrected chi connectivity index (χ0v) is 14.9. The second kappa shape index (κ2) is 6.75. The Kier molecular flexibility index (Phi) is 5.48. The fourth-order valence-electron chi connectivity index (χ4n) is 2.71. The first-order chi connectivity index (χ1) is 9.38. The Bertz CT molecular complexity index is 539. The average molecular weight is 407 g/mol. The second-order valence-corrected chi connectivity index (χ2v) is 9.35. The molecule has 1 aromatic carbocycles. The van der Waals surface area contributed by atoms with E-state index >= 15 is 0 Å². The van der Waals surface area contributed by atoms with E-state index in [1.165, 1.54) is 9.13 Å². The standard InChI is InChI=1S/C15H22INO2S/c1-11(2)20(18,19)17-15-5-3-4-13(15)10-12-6-8-14(16)9-7-12/h6-9,11,13,15,17H,3-5,10H2,1-2H3/t13-,15-/m1/s1. The van der Waals surface area contributed by atoms with Gasteiger partial charge in [-0.25, -0.2) is 13.1 Å². The van der Waals surface area contributed by atoms with Crippen LogP contribution in [-0.2, 0) is 16.4 Å². The summed E-state index contributed by atoms with van der Waals surface area (Å²) >= 11 is 2.30. The number of hydrogen-bond donors (Lipinski definition) is 1. The van der Waals surface area contributed by atoms with Crippen LogP contribution < -0.4 is 4.72 Å². The predicted molar refractivity (Wildman–Crippen MR) is 91.2 cm³/mol. The van der Waals surface area contributed by atoms with Crippen LogP contribution in [0.5, 0.6) is 0 Å². The molecule has 20 heavy (non-hydrogen) atoms. The highest BCUT2D eigenvalue weighted by atomic mass is 127. The van der Waals surface area contributed by atoms with Gasteiger partial charge >= 0.3 is 0 Å².